The van der Waals surface area contributed by atoms with Crippen LogP contribution in [0.3, 0.4) is 0 Å². The Morgan fingerprint density at radius 3 is 2.69 bits per heavy atom. The van der Waals surface area contributed by atoms with Crippen LogP contribution in [0.1, 0.15) is 20.3 Å². The minimum Gasteiger partial charge on any atom is -0.480 e. The van der Waals surface area contributed by atoms with Crippen molar-refractivity contribution in [3.05, 3.63) is 0 Å². The highest BCUT2D eigenvalue weighted by Crippen LogP contribution is 1.90. The van der Waals surface area contributed by atoms with E-state index in [0.717, 1.165) is 0 Å². The molecule has 0 aromatic heterocycles. The van der Waals surface area contributed by atoms with Crippen molar-refractivity contribution in [2.75, 3.05) is 6.61 Å². The van der Waals surface area contributed by atoms with E-state index in [1.165, 1.54) is 6.92 Å². The molecule has 0 aromatic rings. The van der Waals surface area contributed by atoms with E-state index in [-0.39, 0.29) is 17.3 Å². The molecule has 74 valence electrons. The van der Waals surface area contributed by atoms with Crippen LogP contribution in [0.15, 0.2) is 5.10 Å². The zero-order chi connectivity index (χ0) is 10.3. The minimum absolute atomic E-state index is 0.0306. The molecule has 0 rings (SSSR count). The number of nitrogens with zero attached hydrogens (tertiary/aromatic N) is 1. The summed E-state index contributed by atoms with van der Waals surface area (Å²) in [5.41, 5.74) is 7.50. The Bertz CT molecular complexity index is 228. The maximum absolute atomic E-state index is 10.7. The van der Waals surface area contributed by atoms with Crippen molar-refractivity contribution >= 4 is 29.0 Å². The number of hydrogen-bond donors (Lipinski definition) is 2. The van der Waals surface area contributed by atoms with Crippen molar-refractivity contribution < 1.29 is 9.53 Å². The number of rotatable bonds is 4. The first kappa shape index (κ1) is 11.8. The summed E-state index contributed by atoms with van der Waals surface area (Å²) >= 11 is 4.53. The van der Waals surface area contributed by atoms with Crippen molar-refractivity contribution in [3.63, 3.8) is 0 Å². The number of nitrogens with two attached hydrogens (primary N) is 1. The lowest BCUT2D eigenvalue weighted by Gasteiger charge is -2.05. The van der Waals surface area contributed by atoms with Gasteiger partial charge in [-0.15, -0.1) is 5.10 Å². The predicted molar refractivity (Wildman–Crippen MR) is 54.3 cm³/mol. The average molecular weight is 203 g/mol. The second kappa shape index (κ2) is 6.36. The standard InChI is InChI=1S/C7H13N3O2S/c1-3-12-6(4-5(2)11)9-10-7(8)13/h3-4H2,1-2H3,(H3,8,10,13). The fraction of sp³-hybridized carbons (Fsp3) is 0.571. The minimum atomic E-state index is -0.0306. The summed E-state index contributed by atoms with van der Waals surface area (Å²) in [4.78, 5) is 10.7. The van der Waals surface area contributed by atoms with Crippen LogP contribution in [0.4, 0.5) is 0 Å². The fourth-order valence-electron chi connectivity index (χ4n) is 0.620. The van der Waals surface area contributed by atoms with Crippen LogP contribution in [-0.4, -0.2) is 23.4 Å². The van der Waals surface area contributed by atoms with Crippen LogP contribution in [0.25, 0.3) is 0 Å². The fourth-order valence-corrected chi connectivity index (χ4v) is 0.665. The molecule has 0 amide bonds. The van der Waals surface area contributed by atoms with Gasteiger partial charge < -0.3 is 10.5 Å². The van der Waals surface area contributed by atoms with Crippen LogP contribution >= 0.6 is 12.2 Å². The molecule has 6 heteroatoms. The summed E-state index contributed by atoms with van der Waals surface area (Å²) in [6, 6.07) is 0. The van der Waals surface area contributed by atoms with Gasteiger partial charge in [-0.1, -0.05) is 0 Å². The number of hydrazone groups is 1. The SMILES string of the molecule is CCOC(CC(C)=O)=NNC(N)=S. The molecule has 0 atom stereocenters. The van der Waals surface area contributed by atoms with Gasteiger partial charge in [0.25, 0.3) is 0 Å². The second-order valence-corrected chi connectivity index (χ2v) is 2.73. The molecule has 0 saturated heterocycles. The Balaban J connectivity index is 4.13. The van der Waals surface area contributed by atoms with Gasteiger partial charge in [-0.25, -0.2) is 0 Å². The van der Waals surface area contributed by atoms with Crippen LogP contribution in [0, 0.1) is 0 Å². The van der Waals surface area contributed by atoms with E-state index < -0.39 is 0 Å². The number of ether oxygens (including phenoxy) is 1. The van der Waals surface area contributed by atoms with Crippen molar-refractivity contribution in [1.29, 1.82) is 0 Å². The average Bonchev–Trinajstić information content (AvgIpc) is 1.99. The Kier molecular flexibility index (Phi) is 5.79. The Morgan fingerprint density at radius 2 is 2.31 bits per heavy atom. The van der Waals surface area contributed by atoms with E-state index in [2.05, 4.69) is 22.7 Å². The number of carbonyl (C=O) groups is 1. The van der Waals surface area contributed by atoms with E-state index in [4.69, 9.17) is 10.5 Å². The molecular formula is C7H13N3O2S. The maximum atomic E-state index is 10.7. The molecular weight excluding hydrogens is 190 g/mol. The molecule has 13 heavy (non-hydrogen) atoms. The topological polar surface area (TPSA) is 76.7 Å². The normalized spacial score (nSPS) is 10.8. The number of thiocarbonyl (C=S) groups is 1. The molecule has 0 unspecified atom stereocenters. The molecule has 0 heterocycles. The largest absolute Gasteiger partial charge is 0.480 e. The van der Waals surface area contributed by atoms with E-state index >= 15 is 0 Å². The van der Waals surface area contributed by atoms with Crippen LogP contribution in [0.2, 0.25) is 0 Å². The Morgan fingerprint density at radius 1 is 1.69 bits per heavy atom. The number of hydrogen-bond acceptors (Lipinski definition) is 4. The molecule has 0 aliphatic rings. The smallest absolute Gasteiger partial charge is 0.213 e. The first-order valence-corrected chi connectivity index (χ1v) is 4.21. The molecule has 0 aliphatic carbocycles. The summed E-state index contributed by atoms with van der Waals surface area (Å²) in [7, 11) is 0. The van der Waals surface area contributed by atoms with Crippen LogP contribution in [0.5, 0.6) is 0 Å². The number of ketones is 1. The van der Waals surface area contributed by atoms with Gasteiger partial charge in [0, 0.05) is 0 Å². The van der Waals surface area contributed by atoms with Crippen molar-refractivity contribution in [2.45, 2.75) is 20.3 Å². The molecule has 0 spiro atoms. The lowest BCUT2D eigenvalue weighted by atomic mass is 10.3. The highest BCUT2D eigenvalue weighted by molar-refractivity contribution is 7.80. The van der Waals surface area contributed by atoms with Gasteiger partial charge in [0.05, 0.1) is 13.0 Å². The molecule has 5 nitrogen and oxygen atoms in total. The molecule has 0 bridgehead atoms. The van der Waals surface area contributed by atoms with E-state index in [1.807, 2.05) is 0 Å². The van der Waals surface area contributed by atoms with Crippen molar-refractivity contribution in [3.8, 4) is 0 Å². The molecule has 0 fully saturated rings. The van der Waals surface area contributed by atoms with Gasteiger partial charge in [-0.05, 0) is 26.1 Å². The lowest BCUT2D eigenvalue weighted by Crippen LogP contribution is -2.26. The molecule has 3 N–H and O–H groups in total. The predicted octanol–water partition coefficient (Wildman–Crippen LogP) is 0.149. The second-order valence-electron chi connectivity index (χ2n) is 2.29. The van der Waals surface area contributed by atoms with Gasteiger partial charge in [0.15, 0.2) is 5.11 Å². The van der Waals surface area contributed by atoms with Gasteiger partial charge in [0.2, 0.25) is 5.90 Å². The van der Waals surface area contributed by atoms with Crippen molar-refractivity contribution in [2.24, 2.45) is 10.8 Å². The van der Waals surface area contributed by atoms with Gasteiger partial charge in [-0.3, -0.25) is 10.2 Å². The van der Waals surface area contributed by atoms with Crippen LogP contribution < -0.4 is 11.2 Å². The number of carbonyl (C=O) groups excluding carboxylic acids is 1. The first-order chi connectivity index (χ1) is 6.06. The number of Topliss-reactive ketones (excluding diaryl/α,β-unsaturated/α-hetero) is 1. The highest BCUT2D eigenvalue weighted by Gasteiger charge is 2.03. The number of nitrogens with one attached hydrogen (secondary N) is 1. The Labute approximate surface area is 82.3 Å². The van der Waals surface area contributed by atoms with Gasteiger partial charge >= 0.3 is 0 Å². The summed E-state index contributed by atoms with van der Waals surface area (Å²) < 4.78 is 5.05. The lowest BCUT2D eigenvalue weighted by molar-refractivity contribution is -0.116. The summed E-state index contributed by atoms with van der Waals surface area (Å²) in [5.74, 6) is 0.264. The zero-order valence-corrected chi connectivity index (χ0v) is 8.48. The van der Waals surface area contributed by atoms with E-state index in [9.17, 15) is 4.79 Å². The van der Waals surface area contributed by atoms with Crippen LogP contribution in [-0.2, 0) is 9.53 Å². The van der Waals surface area contributed by atoms with E-state index in [1.54, 1.807) is 6.92 Å². The third-order valence-corrected chi connectivity index (χ3v) is 1.09. The maximum Gasteiger partial charge on any atom is 0.213 e. The highest BCUT2D eigenvalue weighted by atomic mass is 32.1. The van der Waals surface area contributed by atoms with Crippen molar-refractivity contribution in [1.82, 2.24) is 5.43 Å². The molecule has 0 aromatic carbocycles. The summed E-state index contributed by atoms with van der Waals surface area (Å²) in [6.07, 6.45) is 0.142. The monoisotopic (exact) mass is 203 g/mol. The van der Waals surface area contributed by atoms with E-state index in [0.29, 0.717) is 12.5 Å². The Hall–Kier alpha value is -1.17. The third-order valence-electron chi connectivity index (χ3n) is 1.00. The first-order valence-electron chi connectivity index (χ1n) is 3.80. The van der Waals surface area contributed by atoms with Gasteiger partial charge in [-0.2, -0.15) is 0 Å². The molecule has 0 aliphatic heterocycles. The van der Waals surface area contributed by atoms with Gasteiger partial charge in [0.1, 0.15) is 5.78 Å². The molecule has 0 radical (unpaired) electrons. The summed E-state index contributed by atoms with van der Waals surface area (Å²) in [5, 5.41) is 3.75. The zero-order valence-electron chi connectivity index (χ0n) is 7.66. The summed E-state index contributed by atoms with van der Waals surface area (Å²) in [6.45, 7) is 3.71. The third kappa shape index (κ3) is 7.20. The molecule has 0 saturated carbocycles. The quantitative estimate of drug-likeness (QED) is 0.294.